The Morgan fingerprint density at radius 2 is 1.32 bits per heavy atom. The summed E-state index contributed by atoms with van der Waals surface area (Å²) in [6.45, 7) is 15.7. The van der Waals surface area contributed by atoms with E-state index in [4.69, 9.17) is 5.73 Å². The molecule has 19 heavy (non-hydrogen) atoms. The van der Waals surface area contributed by atoms with Gasteiger partial charge in [0.2, 0.25) is 0 Å². The summed E-state index contributed by atoms with van der Waals surface area (Å²) >= 11 is 0. The Bertz CT molecular complexity index is 399. The quantitative estimate of drug-likeness (QED) is 0.836. The van der Waals surface area contributed by atoms with E-state index in [0.717, 1.165) is 6.42 Å². The average Bonchev–Trinajstić information content (AvgIpc) is 2.11. The van der Waals surface area contributed by atoms with Crippen LogP contribution in [0, 0.1) is 5.41 Å². The molecule has 0 aliphatic heterocycles. The highest BCUT2D eigenvalue weighted by Crippen LogP contribution is 2.36. The fourth-order valence-electron chi connectivity index (χ4n) is 3.03. The van der Waals surface area contributed by atoms with Crippen LogP contribution in [0.2, 0.25) is 0 Å². The lowest BCUT2D eigenvalue weighted by Gasteiger charge is -2.33. The van der Waals surface area contributed by atoms with Gasteiger partial charge in [0.05, 0.1) is 0 Å². The van der Waals surface area contributed by atoms with E-state index in [2.05, 4.69) is 72.7 Å². The number of benzene rings is 1. The first-order valence-corrected chi connectivity index (χ1v) is 7.27. The summed E-state index contributed by atoms with van der Waals surface area (Å²) in [5.74, 6) is 0. The fourth-order valence-corrected chi connectivity index (χ4v) is 3.03. The van der Waals surface area contributed by atoms with Gasteiger partial charge in [-0.2, -0.15) is 0 Å². The molecule has 0 atom stereocenters. The van der Waals surface area contributed by atoms with Gasteiger partial charge < -0.3 is 5.73 Å². The molecule has 0 amide bonds. The van der Waals surface area contributed by atoms with E-state index in [1.54, 1.807) is 0 Å². The normalized spacial score (nSPS) is 13.7. The van der Waals surface area contributed by atoms with Crippen molar-refractivity contribution in [3.63, 3.8) is 0 Å². The van der Waals surface area contributed by atoms with E-state index >= 15 is 0 Å². The second kappa shape index (κ2) is 5.28. The van der Waals surface area contributed by atoms with Gasteiger partial charge in [0.25, 0.3) is 0 Å². The van der Waals surface area contributed by atoms with Gasteiger partial charge in [-0.25, -0.2) is 0 Å². The average molecular weight is 261 g/mol. The molecule has 0 aromatic heterocycles. The van der Waals surface area contributed by atoms with Crippen LogP contribution in [0.15, 0.2) is 24.3 Å². The summed E-state index contributed by atoms with van der Waals surface area (Å²) in [4.78, 5) is 0. The third kappa shape index (κ3) is 5.78. The molecule has 1 aromatic carbocycles. The molecule has 1 aromatic rings. The zero-order valence-electron chi connectivity index (χ0n) is 13.8. The highest BCUT2D eigenvalue weighted by molar-refractivity contribution is 5.29. The molecule has 108 valence electrons. The lowest BCUT2D eigenvalue weighted by Crippen LogP contribution is -2.34. The molecule has 0 heterocycles. The Kier molecular flexibility index (Phi) is 4.51. The zero-order valence-corrected chi connectivity index (χ0v) is 13.8. The Morgan fingerprint density at radius 3 is 1.68 bits per heavy atom. The Labute approximate surface area is 119 Å². The number of rotatable bonds is 4. The molecule has 1 heteroatoms. The SMILES string of the molecule is CC(C)(C)CC(C)(C)c1ccc(CC(C)(C)N)cc1. The van der Waals surface area contributed by atoms with Gasteiger partial charge in [-0.05, 0) is 48.6 Å². The minimum atomic E-state index is -0.136. The summed E-state index contributed by atoms with van der Waals surface area (Å²) in [5, 5.41) is 0. The standard InChI is InChI=1S/C18H31N/c1-16(2,3)13-17(4,5)15-10-8-14(9-11-15)12-18(6,7)19/h8-11H,12-13,19H2,1-7H3. The molecule has 0 spiro atoms. The number of hydrogen-bond donors (Lipinski definition) is 1. The first-order chi connectivity index (χ1) is 8.39. The van der Waals surface area contributed by atoms with Crippen molar-refractivity contribution in [1.82, 2.24) is 0 Å². The van der Waals surface area contributed by atoms with Crippen LogP contribution in [0.1, 0.15) is 66.0 Å². The van der Waals surface area contributed by atoms with Crippen LogP contribution in [-0.2, 0) is 11.8 Å². The molecule has 1 rings (SSSR count). The zero-order chi connectivity index (χ0) is 14.9. The van der Waals surface area contributed by atoms with Crippen molar-refractivity contribution in [3.05, 3.63) is 35.4 Å². The molecular weight excluding hydrogens is 230 g/mol. The van der Waals surface area contributed by atoms with E-state index in [0.29, 0.717) is 5.41 Å². The molecule has 0 saturated heterocycles. The summed E-state index contributed by atoms with van der Waals surface area (Å²) in [6.07, 6.45) is 2.11. The summed E-state index contributed by atoms with van der Waals surface area (Å²) in [7, 11) is 0. The fraction of sp³-hybridized carbons (Fsp3) is 0.667. The van der Waals surface area contributed by atoms with Crippen molar-refractivity contribution < 1.29 is 0 Å². The highest BCUT2D eigenvalue weighted by Gasteiger charge is 2.27. The van der Waals surface area contributed by atoms with E-state index in [-0.39, 0.29) is 11.0 Å². The predicted octanol–water partition coefficient (Wildman–Crippen LogP) is 4.68. The van der Waals surface area contributed by atoms with Crippen molar-refractivity contribution in [2.75, 3.05) is 0 Å². The predicted molar refractivity (Wildman–Crippen MR) is 85.5 cm³/mol. The minimum absolute atomic E-state index is 0.136. The third-order valence-electron chi connectivity index (χ3n) is 3.37. The third-order valence-corrected chi connectivity index (χ3v) is 3.37. The Morgan fingerprint density at radius 1 is 0.842 bits per heavy atom. The summed E-state index contributed by atoms with van der Waals surface area (Å²) < 4.78 is 0. The second-order valence-corrected chi connectivity index (χ2v) is 8.48. The Hall–Kier alpha value is -0.820. The molecule has 0 fully saturated rings. The molecule has 0 radical (unpaired) electrons. The van der Waals surface area contributed by atoms with Crippen molar-refractivity contribution >= 4 is 0 Å². The first kappa shape index (κ1) is 16.2. The maximum Gasteiger partial charge on any atom is 0.0138 e. The molecule has 2 N–H and O–H groups in total. The van der Waals surface area contributed by atoms with Gasteiger partial charge >= 0.3 is 0 Å². The molecule has 1 nitrogen and oxygen atoms in total. The lowest BCUT2D eigenvalue weighted by molar-refractivity contribution is 0.284. The van der Waals surface area contributed by atoms with Crippen molar-refractivity contribution in [2.24, 2.45) is 11.1 Å². The van der Waals surface area contributed by atoms with Crippen molar-refractivity contribution in [2.45, 2.75) is 72.3 Å². The van der Waals surface area contributed by atoms with Crippen LogP contribution in [0.4, 0.5) is 0 Å². The largest absolute Gasteiger partial charge is 0.325 e. The van der Waals surface area contributed by atoms with Gasteiger partial charge in [0, 0.05) is 5.54 Å². The van der Waals surface area contributed by atoms with Crippen LogP contribution in [-0.4, -0.2) is 5.54 Å². The Balaban J connectivity index is 2.86. The van der Waals surface area contributed by atoms with Crippen LogP contribution in [0.5, 0.6) is 0 Å². The number of nitrogens with two attached hydrogens (primary N) is 1. The first-order valence-electron chi connectivity index (χ1n) is 7.27. The van der Waals surface area contributed by atoms with Gasteiger partial charge in [-0.3, -0.25) is 0 Å². The number of hydrogen-bond acceptors (Lipinski definition) is 1. The van der Waals surface area contributed by atoms with Crippen LogP contribution < -0.4 is 5.73 Å². The molecule has 0 aliphatic carbocycles. The van der Waals surface area contributed by atoms with Gasteiger partial charge in [-0.1, -0.05) is 58.9 Å². The monoisotopic (exact) mass is 261 g/mol. The maximum absolute atomic E-state index is 6.07. The van der Waals surface area contributed by atoms with Crippen LogP contribution in [0.25, 0.3) is 0 Å². The molecule has 0 aliphatic rings. The maximum atomic E-state index is 6.07. The molecule has 0 unspecified atom stereocenters. The van der Waals surface area contributed by atoms with Gasteiger partial charge in [0.15, 0.2) is 0 Å². The summed E-state index contributed by atoms with van der Waals surface area (Å²) in [5.41, 5.74) is 9.24. The smallest absolute Gasteiger partial charge is 0.0138 e. The van der Waals surface area contributed by atoms with Crippen molar-refractivity contribution in [3.8, 4) is 0 Å². The van der Waals surface area contributed by atoms with Crippen molar-refractivity contribution in [1.29, 1.82) is 0 Å². The molecule has 0 saturated carbocycles. The van der Waals surface area contributed by atoms with E-state index in [9.17, 15) is 0 Å². The summed E-state index contributed by atoms with van der Waals surface area (Å²) in [6, 6.07) is 9.00. The second-order valence-electron chi connectivity index (χ2n) is 8.48. The lowest BCUT2D eigenvalue weighted by atomic mass is 9.72. The van der Waals surface area contributed by atoms with Gasteiger partial charge in [0.1, 0.15) is 0 Å². The highest BCUT2D eigenvalue weighted by atomic mass is 14.7. The topological polar surface area (TPSA) is 26.0 Å². The van der Waals surface area contributed by atoms with Crippen LogP contribution in [0.3, 0.4) is 0 Å². The van der Waals surface area contributed by atoms with Crippen LogP contribution >= 0.6 is 0 Å². The molecular formula is C18H31N. The van der Waals surface area contributed by atoms with Gasteiger partial charge in [-0.15, -0.1) is 0 Å². The minimum Gasteiger partial charge on any atom is -0.325 e. The van der Waals surface area contributed by atoms with E-state index in [1.807, 2.05) is 0 Å². The van der Waals surface area contributed by atoms with E-state index < -0.39 is 0 Å². The molecule has 0 bridgehead atoms. The van der Waals surface area contributed by atoms with E-state index in [1.165, 1.54) is 17.5 Å².